The van der Waals surface area contributed by atoms with Crippen LogP contribution in [0.5, 0.6) is 11.5 Å². The van der Waals surface area contributed by atoms with Crippen LogP contribution in [0.15, 0.2) is 46.9 Å². The number of amides is 1. The number of ether oxygens (including phenoxy) is 2. The third kappa shape index (κ3) is 3.99. The minimum Gasteiger partial charge on any atom is -0.454 e. The fraction of sp³-hybridized carbons (Fsp3) is 0.519. The molecule has 6 nitrogen and oxygen atoms in total. The van der Waals surface area contributed by atoms with Gasteiger partial charge in [-0.3, -0.25) is 9.69 Å². The van der Waals surface area contributed by atoms with Gasteiger partial charge in [0.1, 0.15) is 0 Å². The Balaban J connectivity index is 1.51. The molecule has 0 aliphatic carbocycles. The van der Waals surface area contributed by atoms with Crippen LogP contribution in [0.3, 0.4) is 0 Å². The number of carbonyl (C=O) groups excluding carboxylic acids is 1. The summed E-state index contributed by atoms with van der Waals surface area (Å²) in [6.45, 7) is 5.75. The first-order valence-corrected chi connectivity index (χ1v) is 17.1. The lowest BCUT2D eigenvalue weighted by Crippen LogP contribution is -2.66. The van der Waals surface area contributed by atoms with Gasteiger partial charge >= 0.3 is 6.18 Å². The van der Waals surface area contributed by atoms with E-state index in [1.165, 1.54) is 0 Å². The number of carbonyl (C=O) groups is 1. The highest BCUT2D eigenvalue weighted by Crippen LogP contribution is 2.63. The van der Waals surface area contributed by atoms with Crippen LogP contribution in [0.25, 0.3) is 0 Å². The fourth-order valence-corrected chi connectivity index (χ4v) is 8.53. The minimum atomic E-state index is -4.79. The van der Waals surface area contributed by atoms with Gasteiger partial charge in [0.2, 0.25) is 18.4 Å². The van der Waals surface area contributed by atoms with Crippen LogP contribution < -0.4 is 9.47 Å². The fourth-order valence-electron chi connectivity index (χ4n) is 6.97. The van der Waals surface area contributed by atoms with Crippen molar-refractivity contribution < 1.29 is 31.9 Å². The van der Waals surface area contributed by atoms with Crippen molar-refractivity contribution in [2.24, 2.45) is 11.8 Å². The smallest absolute Gasteiger partial charge is 0.436 e. The SMILES string of the molecule is C[Si](C)(C)O[C@@]1(C(F)(F)F)[C@@H]2[C@H](C(=O)N1Cc1ccc3c(c1)OCO3)[C@H](c1ccc(Br)cc1)N1CCC[C@@H]21. The summed E-state index contributed by atoms with van der Waals surface area (Å²) in [5.74, 6) is -1.41. The van der Waals surface area contributed by atoms with Gasteiger partial charge in [0.05, 0.1) is 5.92 Å². The average Bonchev–Trinajstić information content (AvgIpc) is 3.58. The van der Waals surface area contributed by atoms with E-state index in [2.05, 4.69) is 20.8 Å². The van der Waals surface area contributed by atoms with Crippen LogP contribution in [-0.2, 0) is 15.8 Å². The first-order valence-electron chi connectivity index (χ1n) is 12.9. The van der Waals surface area contributed by atoms with E-state index in [1.807, 2.05) is 24.3 Å². The molecule has 0 spiro atoms. The molecule has 3 saturated heterocycles. The summed E-state index contributed by atoms with van der Waals surface area (Å²) in [7, 11) is -2.81. The molecule has 5 atom stereocenters. The van der Waals surface area contributed by atoms with E-state index in [4.69, 9.17) is 13.9 Å². The van der Waals surface area contributed by atoms with Crippen LogP contribution in [0.4, 0.5) is 13.2 Å². The Morgan fingerprint density at radius 1 is 1.11 bits per heavy atom. The zero-order valence-corrected chi connectivity index (χ0v) is 24.0. The molecule has 204 valence electrons. The van der Waals surface area contributed by atoms with E-state index < -0.39 is 50.0 Å². The van der Waals surface area contributed by atoms with Crippen molar-refractivity contribution in [2.45, 2.75) is 63.0 Å². The molecule has 38 heavy (non-hydrogen) atoms. The first-order chi connectivity index (χ1) is 17.9. The second kappa shape index (κ2) is 8.97. The summed E-state index contributed by atoms with van der Waals surface area (Å²) in [6.07, 6.45) is -3.40. The van der Waals surface area contributed by atoms with Crippen molar-refractivity contribution in [3.63, 3.8) is 0 Å². The van der Waals surface area contributed by atoms with Crippen molar-refractivity contribution in [3.05, 3.63) is 58.1 Å². The highest BCUT2D eigenvalue weighted by atomic mass is 79.9. The van der Waals surface area contributed by atoms with Crippen molar-refractivity contribution in [1.29, 1.82) is 0 Å². The van der Waals surface area contributed by atoms with Gasteiger partial charge in [0.25, 0.3) is 0 Å². The highest BCUT2D eigenvalue weighted by molar-refractivity contribution is 9.10. The Labute approximate surface area is 229 Å². The van der Waals surface area contributed by atoms with Crippen molar-refractivity contribution in [1.82, 2.24) is 9.80 Å². The molecule has 0 aromatic heterocycles. The number of alkyl halides is 3. The Hall–Kier alpha value is -2.08. The summed E-state index contributed by atoms with van der Waals surface area (Å²) in [5.41, 5.74) is -1.32. The van der Waals surface area contributed by atoms with Crippen molar-refractivity contribution in [2.75, 3.05) is 13.3 Å². The van der Waals surface area contributed by atoms with Gasteiger partial charge in [-0.25, -0.2) is 0 Å². The normalized spacial score (nSPS) is 30.7. The predicted octanol–water partition coefficient (Wildman–Crippen LogP) is 6.08. The Morgan fingerprint density at radius 2 is 1.82 bits per heavy atom. The van der Waals surface area contributed by atoms with Crippen LogP contribution in [-0.4, -0.2) is 55.3 Å². The van der Waals surface area contributed by atoms with Crippen LogP contribution in [0.2, 0.25) is 19.6 Å². The Bertz CT molecular complexity index is 1250. The molecule has 0 saturated carbocycles. The van der Waals surface area contributed by atoms with Crippen LogP contribution in [0, 0.1) is 11.8 Å². The number of rotatable bonds is 5. The van der Waals surface area contributed by atoms with E-state index >= 15 is 13.2 Å². The van der Waals surface area contributed by atoms with Crippen molar-refractivity contribution >= 4 is 30.2 Å². The number of fused-ring (bicyclic) bond motifs is 4. The Kier molecular flexibility index (Phi) is 6.17. The summed E-state index contributed by atoms with van der Waals surface area (Å²) in [6, 6.07) is 11.8. The summed E-state index contributed by atoms with van der Waals surface area (Å²) in [4.78, 5) is 17.5. The van der Waals surface area contributed by atoms with Crippen LogP contribution >= 0.6 is 15.9 Å². The minimum absolute atomic E-state index is 0.0587. The molecule has 11 heteroatoms. The van der Waals surface area contributed by atoms with Gasteiger partial charge in [-0.15, -0.1) is 0 Å². The molecule has 0 bridgehead atoms. The molecule has 4 heterocycles. The molecule has 4 aliphatic rings. The van der Waals surface area contributed by atoms with Gasteiger partial charge in [-0.2, -0.15) is 13.2 Å². The van der Waals surface area contributed by atoms with E-state index in [-0.39, 0.29) is 13.3 Å². The lowest BCUT2D eigenvalue weighted by molar-refractivity contribution is -0.313. The molecule has 3 fully saturated rings. The number of likely N-dealkylation sites (tertiary alicyclic amines) is 1. The maximum absolute atomic E-state index is 15.6. The molecule has 0 unspecified atom stereocenters. The zero-order chi connectivity index (χ0) is 27.0. The van der Waals surface area contributed by atoms with Gasteiger partial charge in [-0.1, -0.05) is 34.1 Å². The van der Waals surface area contributed by atoms with Crippen LogP contribution in [0.1, 0.15) is 30.0 Å². The Morgan fingerprint density at radius 3 is 2.50 bits per heavy atom. The van der Waals surface area contributed by atoms with Gasteiger partial charge in [0.15, 0.2) is 19.8 Å². The van der Waals surface area contributed by atoms with E-state index in [0.29, 0.717) is 30.0 Å². The third-order valence-corrected chi connectivity index (χ3v) is 9.55. The predicted molar refractivity (Wildman–Crippen MR) is 140 cm³/mol. The largest absolute Gasteiger partial charge is 0.454 e. The standard InChI is InChI=1S/C27H30BrF3N2O4Si/c1-38(2,3)37-26(27(29,30)31)23-19-5-4-12-32(19)24(17-7-9-18(28)10-8-17)22(23)25(34)33(26)14-16-6-11-20-21(13-16)36-15-35-20/h6-11,13,19,22-24H,4-5,12,14-15H2,1-3H3/t19-,22-,23-,24-,26+/m0/s1. The molecule has 2 aromatic rings. The number of benzene rings is 2. The molecular weight excluding hydrogens is 581 g/mol. The summed E-state index contributed by atoms with van der Waals surface area (Å²) >= 11 is 3.45. The number of halogens is 4. The zero-order valence-electron chi connectivity index (χ0n) is 21.4. The van der Waals surface area contributed by atoms with Gasteiger partial charge in [-0.05, 0) is 74.4 Å². The summed E-state index contributed by atoms with van der Waals surface area (Å²) in [5, 5.41) is 0. The number of nitrogens with zero attached hydrogens (tertiary/aromatic N) is 2. The lowest BCUT2D eigenvalue weighted by atomic mass is 9.80. The molecule has 6 rings (SSSR count). The van der Waals surface area contributed by atoms with Crippen molar-refractivity contribution in [3.8, 4) is 11.5 Å². The molecule has 0 N–H and O–H groups in total. The molecule has 4 aliphatic heterocycles. The van der Waals surface area contributed by atoms with E-state index in [9.17, 15) is 4.79 Å². The number of hydrogen-bond donors (Lipinski definition) is 0. The van der Waals surface area contributed by atoms with E-state index in [1.54, 1.807) is 37.8 Å². The van der Waals surface area contributed by atoms with E-state index in [0.717, 1.165) is 21.4 Å². The highest BCUT2D eigenvalue weighted by Gasteiger charge is 2.78. The lowest BCUT2D eigenvalue weighted by Gasteiger charge is -2.47. The molecule has 1 amide bonds. The van der Waals surface area contributed by atoms with Gasteiger partial charge in [0, 0.05) is 29.0 Å². The second-order valence-electron chi connectivity index (χ2n) is 11.5. The molecular formula is C27H30BrF3N2O4Si. The second-order valence-corrected chi connectivity index (χ2v) is 16.9. The quantitative estimate of drug-likeness (QED) is 0.384. The first kappa shape index (κ1) is 26.2. The number of hydrogen-bond acceptors (Lipinski definition) is 5. The maximum Gasteiger partial charge on any atom is 0.436 e. The monoisotopic (exact) mass is 610 g/mol. The molecule has 0 radical (unpaired) electrons. The topological polar surface area (TPSA) is 51.2 Å². The third-order valence-electron chi connectivity index (χ3n) is 8.10. The van der Waals surface area contributed by atoms with Gasteiger partial charge < -0.3 is 18.8 Å². The summed E-state index contributed by atoms with van der Waals surface area (Å²) < 4.78 is 64.8. The average molecular weight is 612 g/mol. The maximum atomic E-state index is 15.6. The molecule has 2 aromatic carbocycles.